The van der Waals surface area contributed by atoms with Crippen molar-refractivity contribution in [2.24, 2.45) is 0 Å². The van der Waals surface area contributed by atoms with Gasteiger partial charge in [-0.1, -0.05) is 23.4 Å². The minimum absolute atomic E-state index is 0.224. The molecule has 0 bridgehead atoms. The van der Waals surface area contributed by atoms with Gasteiger partial charge < -0.3 is 14.2 Å². The van der Waals surface area contributed by atoms with Crippen molar-refractivity contribution < 1.29 is 18.8 Å². The second kappa shape index (κ2) is 6.69. The van der Waals surface area contributed by atoms with Crippen LogP contribution in [-0.2, 0) is 16.0 Å². The van der Waals surface area contributed by atoms with E-state index in [2.05, 4.69) is 10.1 Å². The standard InChI is InChI=1S/C22H21N3O4/c1-12-19-16(11-17(14-7-8-14)23-20(19)29-24-12)22(27)28-13(2)21(26)25-10-9-15-5-3-4-6-18(15)25/h3-6,11,13-14H,7-10H2,1-2H3/t13-/m1/s1. The maximum absolute atomic E-state index is 13.0. The van der Waals surface area contributed by atoms with Gasteiger partial charge in [0.05, 0.1) is 16.6 Å². The molecule has 1 aliphatic carbocycles. The molecule has 1 atom stereocenters. The van der Waals surface area contributed by atoms with Gasteiger partial charge in [-0.05, 0) is 50.8 Å². The lowest BCUT2D eigenvalue weighted by molar-refractivity contribution is -0.126. The number of rotatable bonds is 4. The first-order valence-corrected chi connectivity index (χ1v) is 9.90. The molecule has 1 amide bonds. The average Bonchev–Trinajstić information content (AvgIpc) is 3.39. The average molecular weight is 391 g/mol. The van der Waals surface area contributed by atoms with Crippen molar-refractivity contribution in [2.45, 2.75) is 45.1 Å². The zero-order chi connectivity index (χ0) is 20.1. The first-order chi connectivity index (χ1) is 14.0. The number of aromatic nitrogens is 2. The van der Waals surface area contributed by atoms with Crippen LogP contribution in [0.1, 0.15) is 53.0 Å². The summed E-state index contributed by atoms with van der Waals surface area (Å²) in [5, 5.41) is 4.49. The van der Waals surface area contributed by atoms with Gasteiger partial charge in [0.1, 0.15) is 0 Å². The first-order valence-electron chi connectivity index (χ1n) is 9.90. The molecule has 1 saturated carbocycles. The molecule has 3 aromatic rings. The summed E-state index contributed by atoms with van der Waals surface area (Å²) in [6.07, 6.45) is 1.99. The van der Waals surface area contributed by atoms with Crippen molar-refractivity contribution >= 4 is 28.7 Å². The lowest BCUT2D eigenvalue weighted by Gasteiger charge is -2.21. The van der Waals surface area contributed by atoms with Gasteiger partial charge in [-0.15, -0.1) is 0 Å². The van der Waals surface area contributed by atoms with Crippen molar-refractivity contribution in [2.75, 3.05) is 11.4 Å². The van der Waals surface area contributed by atoms with Gasteiger partial charge in [0.2, 0.25) is 0 Å². The fraction of sp³-hybridized carbons (Fsp3) is 0.364. The molecule has 148 valence electrons. The van der Waals surface area contributed by atoms with E-state index < -0.39 is 12.1 Å². The van der Waals surface area contributed by atoms with Crippen molar-refractivity contribution in [3.63, 3.8) is 0 Å². The highest BCUT2D eigenvalue weighted by atomic mass is 16.5. The summed E-state index contributed by atoms with van der Waals surface area (Å²) in [7, 11) is 0. The second-order valence-electron chi connectivity index (χ2n) is 7.73. The third kappa shape index (κ3) is 3.06. The minimum atomic E-state index is -0.901. The second-order valence-corrected chi connectivity index (χ2v) is 7.73. The number of fused-ring (bicyclic) bond motifs is 2. The molecule has 0 saturated heterocycles. The SMILES string of the molecule is Cc1noc2nc(C3CC3)cc(C(=O)O[C@H](C)C(=O)N3CCc4ccccc43)c12. The van der Waals surface area contributed by atoms with Gasteiger partial charge in [-0.25, -0.2) is 9.78 Å². The van der Waals surface area contributed by atoms with Gasteiger partial charge in [-0.3, -0.25) is 4.79 Å². The predicted octanol–water partition coefficient (Wildman–Crippen LogP) is 3.54. The van der Waals surface area contributed by atoms with E-state index >= 15 is 0 Å². The Hall–Kier alpha value is -3.22. The van der Waals surface area contributed by atoms with Crippen LogP contribution < -0.4 is 4.90 Å². The fourth-order valence-corrected chi connectivity index (χ4v) is 3.92. The van der Waals surface area contributed by atoms with Crippen molar-refractivity contribution in [3.05, 3.63) is 52.8 Å². The number of carbonyl (C=O) groups is 2. The van der Waals surface area contributed by atoms with E-state index in [0.717, 1.165) is 36.2 Å². The number of benzene rings is 1. The third-order valence-electron chi connectivity index (χ3n) is 5.64. The van der Waals surface area contributed by atoms with Gasteiger partial charge in [-0.2, -0.15) is 0 Å². The van der Waals surface area contributed by atoms with Crippen LogP contribution in [0.2, 0.25) is 0 Å². The lowest BCUT2D eigenvalue weighted by atomic mass is 10.1. The number of carbonyl (C=O) groups excluding carboxylic acids is 2. The number of anilines is 1. The van der Waals surface area contributed by atoms with Gasteiger partial charge in [0, 0.05) is 23.8 Å². The number of esters is 1. The summed E-state index contributed by atoms with van der Waals surface area (Å²) in [6.45, 7) is 3.97. The molecular weight excluding hydrogens is 370 g/mol. The van der Waals surface area contributed by atoms with E-state index in [1.807, 2.05) is 24.3 Å². The molecule has 1 aliphatic heterocycles. The maximum Gasteiger partial charge on any atom is 0.339 e. The summed E-state index contributed by atoms with van der Waals surface area (Å²) in [4.78, 5) is 32.1. The molecule has 0 unspecified atom stereocenters. The van der Waals surface area contributed by atoms with Gasteiger partial charge in [0.25, 0.3) is 11.6 Å². The van der Waals surface area contributed by atoms with Crippen molar-refractivity contribution in [3.8, 4) is 0 Å². The molecule has 0 spiro atoms. The molecule has 0 radical (unpaired) electrons. The topological polar surface area (TPSA) is 85.5 Å². The number of amides is 1. The van der Waals surface area contributed by atoms with Gasteiger partial charge in [0.15, 0.2) is 6.10 Å². The molecule has 5 rings (SSSR count). The molecular formula is C22H21N3O4. The molecule has 29 heavy (non-hydrogen) atoms. The summed E-state index contributed by atoms with van der Waals surface area (Å²) >= 11 is 0. The van der Waals surface area contributed by atoms with Crippen LogP contribution in [-0.4, -0.2) is 34.7 Å². The number of para-hydroxylation sites is 1. The van der Waals surface area contributed by atoms with Crippen LogP contribution in [0.3, 0.4) is 0 Å². The summed E-state index contributed by atoms with van der Waals surface area (Å²) < 4.78 is 10.9. The maximum atomic E-state index is 13.0. The molecule has 3 heterocycles. The van der Waals surface area contributed by atoms with E-state index in [9.17, 15) is 9.59 Å². The first kappa shape index (κ1) is 17.8. The monoisotopic (exact) mass is 391 g/mol. The van der Waals surface area contributed by atoms with E-state index in [1.165, 1.54) is 0 Å². The molecule has 0 N–H and O–H groups in total. The normalized spacial score (nSPS) is 16.7. The van der Waals surface area contributed by atoms with E-state index in [0.29, 0.717) is 34.8 Å². The Morgan fingerprint density at radius 1 is 1.28 bits per heavy atom. The predicted molar refractivity (Wildman–Crippen MR) is 106 cm³/mol. The smallest absolute Gasteiger partial charge is 0.339 e. The Kier molecular flexibility index (Phi) is 4.12. The van der Waals surface area contributed by atoms with Crippen LogP contribution in [0, 0.1) is 6.92 Å². The summed E-state index contributed by atoms with van der Waals surface area (Å²) in [5.74, 6) is -0.437. The minimum Gasteiger partial charge on any atom is -0.449 e. The van der Waals surface area contributed by atoms with E-state index in [1.54, 1.807) is 24.8 Å². The highest BCUT2D eigenvalue weighted by molar-refractivity contribution is 6.05. The zero-order valence-electron chi connectivity index (χ0n) is 16.3. The molecule has 1 aromatic carbocycles. The fourth-order valence-electron chi connectivity index (χ4n) is 3.92. The molecule has 2 aromatic heterocycles. The molecule has 7 nitrogen and oxygen atoms in total. The van der Waals surface area contributed by atoms with Crippen LogP contribution in [0.15, 0.2) is 34.9 Å². The lowest BCUT2D eigenvalue weighted by Crippen LogP contribution is -2.39. The highest BCUT2D eigenvalue weighted by Crippen LogP contribution is 2.40. The Labute approximate surface area is 167 Å². The number of hydrogen-bond acceptors (Lipinski definition) is 6. The molecule has 2 aliphatic rings. The van der Waals surface area contributed by atoms with Crippen LogP contribution in [0.5, 0.6) is 0 Å². The summed E-state index contributed by atoms with van der Waals surface area (Å²) in [6, 6.07) is 9.56. The van der Waals surface area contributed by atoms with Gasteiger partial charge >= 0.3 is 5.97 Å². The molecule has 7 heteroatoms. The Balaban J connectivity index is 1.40. The van der Waals surface area contributed by atoms with Crippen LogP contribution >= 0.6 is 0 Å². The third-order valence-corrected chi connectivity index (χ3v) is 5.64. The Morgan fingerprint density at radius 2 is 2.07 bits per heavy atom. The van der Waals surface area contributed by atoms with E-state index in [-0.39, 0.29) is 5.91 Å². The number of aryl methyl sites for hydroxylation is 1. The van der Waals surface area contributed by atoms with Crippen LogP contribution in [0.4, 0.5) is 5.69 Å². The number of ether oxygens (including phenoxy) is 1. The summed E-state index contributed by atoms with van der Waals surface area (Å²) in [5.41, 5.74) is 4.10. The largest absolute Gasteiger partial charge is 0.449 e. The van der Waals surface area contributed by atoms with E-state index in [4.69, 9.17) is 9.26 Å². The number of pyridine rings is 1. The van der Waals surface area contributed by atoms with Crippen molar-refractivity contribution in [1.82, 2.24) is 10.1 Å². The van der Waals surface area contributed by atoms with Crippen LogP contribution in [0.25, 0.3) is 11.1 Å². The quantitative estimate of drug-likeness (QED) is 0.633. The highest BCUT2D eigenvalue weighted by Gasteiger charge is 2.32. The number of hydrogen-bond donors (Lipinski definition) is 0. The Morgan fingerprint density at radius 3 is 2.86 bits per heavy atom. The Bertz CT molecular complexity index is 1130. The zero-order valence-corrected chi connectivity index (χ0v) is 16.3. The number of nitrogens with zero attached hydrogens (tertiary/aromatic N) is 3. The molecule has 1 fully saturated rings. The van der Waals surface area contributed by atoms with Crippen molar-refractivity contribution in [1.29, 1.82) is 0 Å².